The zero-order chi connectivity index (χ0) is 29.9. The van der Waals surface area contributed by atoms with Gasteiger partial charge in [-0.25, -0.2) is 26.9 Å². The summed E-state index contributed by atoms with van der Waals surface area (Å²) in [6.45, 7) is 1.59. The highest BCUT2D eigenvalue weighted by atomic mass is 32.1. The minimum absolute atomic E-state index is 0.111. The Morgan fingerprint density at radius 2 is 1.24 bits per heavy atom. The molecule has 41 heavy (non-hydrogen) atoms. The molecule has 4 aromatic carbocycles. The molecule has 0 aliphatic heterocycles. The van der Waals surface area contributed by atoms with Crippen molar-refractivity contribution in [1.82, 2.24) is 4.98 Å². The maximum Gasteiger partial charge on any atom is 0.432 e. The Bertz CT molecular complexity index is 1770. The first-order valence-corrected chi connectivity index (χ1v) is 12.3. The van der Waals surface area contributed by atoms with E-state index in [-0.39, 0.29) is 31.9 Å². The Kier molecular flexibility index (Phi) is 6.96. The average Bonchev–Trinajstić information content (AvgIpc) is 3.25. The van der Waals surface area contributed by atoms with Gasteiger partial charge in [0.15, 0.2) is 0 Å². The zero-order valence-corrected chi connectivity index (χ0v) is 21.1. The Morgan fingerprint density at radius 1 is 0.659 bits per heavy atom. The molecule has 0 radical (unpaired) electrons. The predicted octanol–water partition coefficient (Wildman–Crippen LogP) is 9.78. The van der Waals surface area contributed by atoms with Crippen LogP contribution in [0.3, 0.4) is 0 Å². The molecule has 0 N–H and O–H groups in total. The summed E-state index contributed by atoms with van der Waals surface area (Å²) in [5.74, 6) is -8.50. The Balaban J connectivity index is 1.45. The molecule has 13 heteroatoms. The van der Waals surface area contributed by atoms with E-state index in [1.807, 2.05) is 0 Å². The monoisotopic (exact) mass is 601 g/mol. The highest BCUT2D eigenvalue weighted by Crippen LogP contribution is 2.41. The van der Waals surface area contributed by atoms with Crippen molar-refractivity contribution in [3.8, 4) is 27.4 Å². The number of hydrogen-bond acceptors (Lipinski definition) is 3. The summed E-state index contributed by atoms with van der Waals surface area (Å²) in [5.41, 5.74) is -4.01. The number of ether oxygens (including phenoxy) is 1. The van der Waals surface area contributed by atoms with Crippen LogP contribution in [0.2, 0.25) is 0 Å². The van der Waals surface area contributed by atoms with E-state index in [1.54, 1.807) is 6.92 Å². The molecule has 0 aliphatic rings. The minimum atomic E-state index is -5.27. The number of thiazole rings is 1. The fourth-order valence-electron chi connectivity index (χ4n) is 4.12. The van der Waals surface area contributed by atoms with Crippen molar-refractivity contribution in [3.05, 3.63) is 106 Å². The van der Waals surface area contributed by atoms with Crippen LogP contribution < -0.4 is 4.74 Å². The zero-order valence-electron chi connectivity index (χ0n) is 20.3. The molecule has 0 amide bonds. The van der Waals surface area contributed by atoms with Crippen molar-refractivity contribution >= 4 is 21.6 Å². The second-order valence-electron chi connectivity index (χ2n) is 8.88. The van der Waals surface area contributed by atoms with E-state index in [4.69, 9.17) is 0 Å². The van der Waals surface area contributed by atoms with Gasteiger partial charge in [0.25, 0.3) is 0 Å². The minimum Gasteiger partial charge on any atom is -0.429 e. The van der Waals surface area contributed by atoms with Crippen LogP contribution in [0, 0.1) is 36.0 Å². The molecule has 212 valence electrons. The molecular formula is C28H13F10NOS. The summed E-state index contributed by atoms with van der Waals surface area (Å²) in [4.78, 5) is 4.04. The van der Waals surface area contributed by atoms with Crippen LogP contribution in [0.25, 0.3) is 31.9 Å². The highest BCUT2D eigenvalue weighted by molar-refractivity contribution is 7.21. The van der Waals surface area contributed by atoms with Crippen molar-refractivity contribution < 1.29 is 48.6 Å². The van der Waals surface area contributed by atoms with Gasteiger partial charge in [-0.1, -0.05) is 12.1 Å². The van der Waals surface area contributed by atoms with Crippen LogP contribution in [0.15, 0.2) is 60.7 Å². The van der Waals surface area contributed by atoms with Crippen LogP contribution in [0.5, 0.6) is 5.75 Å². The second-order valence-corrected chi connectivity index (χ2v) is 9.91. The number of hydrogen-bond donors (Lipinski definition) is 0. The normalized spacial score (nSPS) is 12.3. The van der Waals surface area contributed by atoms with Gasteiger partial charge in [0.1, 0.15) is 51.0 Å². The molecule has 0 saturated heterocycles. The lowest BCUT2D eigenvalue weighted by Gasteiger charge is -2.20. The second kappa shape index (κ2) is 10.1. The van der Waals surface area contributed by atoms with Crippen molar-refractivity contribution in [1.29, 1.82) is 0 Å². The predicted molar refractivity (Wildman–Crippen MR) is 131 cm³/mol. The van der Waals surface area contributed by atoms with Gasteiger partial charge < -0.3 is 4.74 Å². The molecule has 0 aliphatic carbocycles. The molecule has 5 aromatic rings. The van der Waals surface area contributed by atoms with Gasteiger partial charge in [0.2, 0.25) is 0 Å². The van der Waals surface area contributed by atoms with Gasteiger partial charge >= 0.3 is 12.3 Å². The average molecular weight is 601 g/mol. The summed E-state index contributed by atoms with van der Waals surface area (Å²) < 4.78 is 145. The topological polar surface area (TPSA) is 22.1 Å². The fourth-order valence-corrected chi connectivity index (χ4v) is 5.10. The molecule has 0 saturated carbocycles. The number of fused-ring (bicyclic) bond motifs is 1. The molecule has 2 nitrogen and oxygen atoms in total. The van der Waals surface area contributed by atoms with Crippen LogP contribution in [0.4, 0.5) is 43.9 Å². The lowest BCUT2D eigenvalue weighted by molar-refractivity contribution is -0.189. The summed E-state index contributed by atoms with van der Waals surface area (Å²) in [7, 11) is 0. The number of alkyl halides is 5. The quantitative estimate of drug-likeness (QED) is 0.187. The summed E-state index contributed by atoms with van der Waals surface area (Å²) in [5, 5.41) is -0.133. The molecule has 0 atom stereocenters. The largest absolute Gasteiger partial charge is 0.432 e. The van der Waals surface area contributed by atoms with Gasteiger partial charge in [0, 0.05) is 11.1 Å². The van der Waals surface area contributed by atoms with Gasteiger partial charge in [0.05, 0.1) is 10.2 Å². The van der Waals surface area contributed by atoms with Crippen LogP contribution >= 0.6 is 11.3 Å². The van der Waals surface area contributed by atoms with E-state index in [9.17, 15) is 43.9 Å². The number of rotatable bonds is 5. The smallest absolute Gasteiger partial charge is 0.429 e. The summed E-state index contributed by atoms with van der Waals surface area (Å²) >= 11 is 0.691. The standard InChI is InChI=1S/C28H13F10NOS/c1-12-2-4-16(17(29)6-12)13-7-20(32)25(21(33)8-13)28(37,38)40-15-3-5-22-23(11-15)41-26(39-22)14-9-18(30)24(19(31)10-14)27(34,35)36/h2-11H,1H3. The molecule has 0 bridgehead atoms. The molecule has 1 aromatic heterocycles. The Morgan fingerprint density at radius 3 is 1.83 bits per heavy atom. The molecular weight excluding hydrogens is 588 g/mol. The molecule has 0 spiro atoms. The number of aromatic nitrogens is 1. The van der Waals surface area contributed by atoms with E-state index in [0.717, 1.165) is 24.3 Å². The Hall–Kier alpha value is -4.13. The highest BCUT2D eigenvalue weighted by Gasteiger charge is 2.41. The molecule has 0 fully saturated rings. The van der Waals surface area contributed by atoms with Gasteiger partial charge in [-0.3, -0.25) is 0 Å². The number of benzene rings is 4. The van der Waals surface area contributed by atoms with Gasteiger partial charge in [-0.2, -0.15) is 22.0 Å². The first-order chi connectivity index (χ1) is 19.1. The van der Waals surface area contributed by atoms with E-state index in [1.165, 1.54) is 12.1 Å². The van der Waals surface area contributed by atoms with Gasteiger partial charge in [-0.05, 0) is 66.6 Å². The molecule has 1 heterocycles. The lowest BCUT2D eigenvalue weighted by Crippen LogP contribution is -2.25. The maximum atomic E-state index is 15.0. The summed E-state index contributed by atoms with van der Waals surface area (Å²) in [6.07, 6.45) is -9.81. The van der Waals surface area contributed by atoms with E-state index >= 15 is 0 Å². The fraction of sp³-hybridized carbons (Fsp3) is 0.107. The first-order valence-electron chi connectivity index (χ1n) is 11.4. The third-order valence-electron chi connectivity index (χ3n) is 5.95. The first kappa shape index (κ1) is 28.4. The molecule has 5 rings (SSSR count). The Labute approximate surface area is 228 Å². The van der Waals surface area contributed by atoms with Crippen molar-refractivity contribution in [2.45, 2.75) is 19.2 Å². The van der Waals surface area contributed by atoms with Crippen molar-refractivity contribution in [2.75, 3.05) is 0 Å². The van der Waals surface area contributed by atoms with Gasteiger partial charge in [-0.15, -0.1) is 11.3 Å². The van der Waals surface area contributed by atoms with E-state index in [2.05, 4.69) is 9.72 Å². The molecule has 0 unspecified atom stereocenters. The number of aryl methyl sites for hydroxylation is 1. The van der Waals surface area contributed by atoms with Crippen LogP contribution in [-0.2, 0) is 12.3 Å². The number of halogens is 10. The lowest BCUT2D eigenvalue weighted by atomic mass is 10.0. The number of nitrogens with zero attached hydrogens (tertiary/aromatic N) is 1. The van der Waals surface area contributed by atoms with Crippen LogP contribution in [-0.4, -0.2) is 4.98 Å². The maximum absolute atomic E-state index is 15.0. The van der Waals surface area contributed by atoms with Crippen molar-refractivity contribution in [3.63, 3.8) is 0 Å². The SMILES string of the molecule is Cc1ccc(-c2cc(F)c(C(F)(F)Oc3ccc4nc(-c5cc(F)c(C(F)(F)F)c(F)c5)sc4c3)c(F)c2)c(F)c1. The third-order valence-corrected chi connectivity index (χ3v) is 7.01. The van der Waals surface area contributed by atoms with E-state index < -0.39 is 58.2 Å². The third kappa shape index (κ3) is 5.45. The van der Waals surface area contributed by atoms with E-state index in [0.29, 0.717) is 41.2 Å². The summed E-state index contributed by atoms with van der Waals surface area (Å²) in [6, 6.07) is 8.96. The van der Waals surface area contributed by atoms with Crippen LogP contribution in [0.1, 0.15) is 16.7 Å². The van der Waals surface area contributed by atoms with Crippen molar-refractivity contribution in [2.24, 2.45) is 0 Å².